The van der Waals surface area contributed by atoms with E-state index in [2.05, 4.69) is 15.5 Å². The highest BCUT2D eigenvalue weighted by atomic mass is 35.5. The van der Waals surface area contributed by atoms with Crippen LogP contribution in [-0.2, 0) is 14.3 Å². The molecule has 0 spiro atoms. The average Bonchev–Trinajstić information content (AvgIpc) is 3.17. The van der Waals surface area contributed by atoms with Crippen molar-refractivity contribution in [3.8, 4) is 11.5 Å². The van der Waals surface area contributed by atoms with Crippen LogP contribution in [0.4, 0.5) is 6.01 Å². The second-order valence-corrected chi connectivity index (χ2v) is 7.14. The topological polar surface area (TPSA) is 94.3 Å². The SMILES string of the molecule is CC(C)C(C(=O)OCC(=O)Nc1nnc(-c2ccccc2)o1)c1ccc(Cl)cc1. The van der Waals surface area contributed by atoms with Gasteiger partial charge in [-0.25, -0.2) is 0 Å². The van der Waals surface area contributed by atoms with Gasteiger partial charge in [0.2, 0.25) is 5.89 Å². The molecule has 3 rings (SSSR count). The standard InChI is InChI=1S/C21H20ClN3O4/c1-13(2)18(14-8-10-16(22)11-9-14)20(27)28-12-17(26)23-21-25-24-19(29-21)15-6-4-3-5-7-15/h3-11,13,18H,12H2,1-2H3,(H,23,25,26). The molecule has 1 N–H and O–H groups in total. The molecule has 1 atom stereocenters. The highest BCUT2D eigenvalue weighted by Crippen LogP contribution is 2.27. The number of benzene rings is 2. The zero-order chi connectivity index (χ0) is 20.8. The number of nitrogens with one attached hydrogen (secondary N) is 1. The molecule has 29 heavy (non-hydrogen) atoms. The number of carbonyl (C=O) groups is 2. The fourth-order valence-corrected chi connectivity index (χ4v) is 2.94. The van der Waals surface area contributed by atoms with Crippen LogP contribution >= 0.6 is 11.6 Å². The normalized spacial score (nSPS) is 11.9. The molecule has 0 fully saturated rings. The summed E-state index contributed by atoms with van der Waals surface area (Å²) in [5, 5.41) is 10.7. The fraction of sp³-hybridized carbons (Fsp3) is 0.238. The molecule has 1 heterocycles. The number of nitrogens with zero attached hydrogens (tertiary/aromatic N) is 2. The molecule has 1 amide bonds. The molecule has 3 aromatic rings. The minimum atomic E-state index is -0.569. The lowest BCUT2D eigenvalue weighted by Gasteiger charge is -2.19. The van der Waals surface area contributed by atoms with E-state index in [1.54, 1.807) is 24.3 Å². The lowest BCUT2D eigenvalue weighted by molar-refractivity contribution is -0.149. The number of halogens is 1. The second-order valence-electron chi connectivity index (χ2n) is 6.71. The van der Waals surface area contributed by atoms with Gasteiger partial charge in [-0.15, -0.1) is 5.10 Å². The maximum atomic E-state index is 12.5. The van der Waals surface area contributed by atoms with Crippen molar-refractivity contribution >= 4 is 29.5 Å². The molecule has 8 heteroatoms. The fourth-order valence-electron chi connectivity index (χ4n) is 2.82. The highest BCUT2D eigenvalue weighted by molar-refractivity contribution is 6.30. The molecule has 0 bridgehead atoms. The van der Waals surface area contributed by atoms with Gasteiger partial charge in [0.1, 0.15) is 0 Å². The van der Waals surface area contributed by atoms with Crippen LogP contribution in [0.15, 0.2) is 59.0 Å². The number of carbonyl (C=O) groups excluding carboxylic acids is 2. The summed E-state index contributed by atoms with van der Waals surface area (Å²) >= 11 is 5.91. The Hall–Kier alpha value is -3.19. The van der Waals surface area contributed by atoms with Crippen molar-refractivity contribution in [1.29, 1.82) is 0 Å². The molecular weight excluding hydrogens is 394 g/mol. The van der Waals surface area contributed by atoms with Gasteiger partial charge >= 0.3 is 12.0 Å². The maximum absolute atomic E-state index is 12.5. The Bertz CT molecular complexity index is 971. The smallest absolute Gasteiger partial charge is 0.322 e. The number of rotatable bonds is 7. The molecular formula is C21H20ClN3O4. The Balaban J connectivity index is 1.57. The Morgan fingerprint density at radius 3 is 2.41 bits per heavy atom. The Morgan fingerprint density at radius 1 is 1.07 bits per heavy atom. The third-order valence-corrected chi connectivity index (χ3v) is 4.44. The van der Waals surface area contributed by atoms with E-state index >= 15 is 0 Å². The largest absolute Gasteiger partial charge is 0.455 e. The van der Waals surface area contributed by atoms with Crippen molar-refractivity contribution in [1.82, 2.24) is 10.2 Å². The number of hydrogen-bond donors (Lipinski definition) is 1. The predicted octanol–water partition coefficient (Wildman–Crippen LogP) is 4.31. The maximum Gasteiger partial charge on any atom is 0.322 e. The predicted molar refractivity (Wildman–Crippen MR) is 108 cm³/mol. The van der Waals surface area contributed by atoms with Crippen LogP contribution in [0.1, 0.15) is 25.3 Å². The van der Waals surface area contributed by atoms with Gasteiger partial charge in [0.05, 0.1) is 5.92 Å². The summed E-state index contributed by atoms with van der Waals surface area (Å²) in [7, 11) is 0. The Kier molecular flexibility index (Phi) is 6.61. The molecule has 0 saturated carbocycles. The lowest BCUT2D eigenvalue weighted by Crippen LogP contribution is -2.26. The molecule has 0 aliphatic heterocycles. The van der Waals surface area contributed by atoms with Gasteiger partial charge in [0.15, 0.2) is 6.61 Å². The Labute approximate surface area is 173 Å². The van der Waals surface area contributed by atoms with Crippen molar-refractivity contribution in [2.45, 2.75) is 19.8 Å². The molecule has 0 saturated heterocycles. The van der Waals surface area contributed by atoms with E-state index in [1.807, 2.05) is 44.2 Å². The first-order chi connectivity index (χ1) is 13.9. The van der Waals surface area contributed by atoms with Crippen molar-refractivity contribution < 1.29 is 18.7 Å². The number of anilines is 1. The van der Waals surface area contributed by atoms with Crippen LogP contribution in [0.25, 0.3) is 11.5 Å². The summed E-state index contributed by atoms with van der Waals surface area (Å²) in [4.78, 5) is 24.6. The zero-order valence-corrected chi connectivity index (χ0v) is 16.7. The van der Waals surface area contributed by atoms with Crippen LogP contribution in [0.2, 0.25) is 5.02 Å². The van der Waals surface area contributed by atoms with E-state index in [0.717, 1.165) is 11.1 Å². The van der Waals surface area contributed by atoms with Gasteiger partial charge in [-0.1, -0.05) is 60.9 Å². The van der Waals surface area contributed by atoms with E-state index in [0.29, 0.717) is 5.02 Å². The van der Waals surface area contributed by atoms with E-state index in [4.69, 9.17) is 20.8 Å². The second kappa shape index (κ2) is 9.34. The minimum Gasteiger partial charge on any atom is -0.455 e. The average molecular weight is 414 g/mol. The third kappa shape index (κ3) is 5.42. The third-order valence-electron chi connectivity index (χ3n) is 4.19. The van der Waals surface area contributed by atoms with E-state index in [-0.39, 0.29) is 17.8 Å². The first-order valence-electron chi connectivity index (χ1n) is 9.05. The van der Waals surface area contributed by atoms with Crippen molar-refractivity contribution in [2.75, 3.05) is 11.9 Å². The van der Waals surface area contributed by atoms with Crippen molar-refractivity contribution in [3.05, 3.63) is 65.2 Å². The van der Waals surface area contributed by atoms with Gasteiger partial charge in [-0.3, -0.25) is 14.9 Å². The van der Waals surface area contributed by atoms with Crippen LogP contribution < -0.4 is 5.32 Å². The minimum absolute atomic E-state index is 0.0175. The van der Waals surface area contributed by atoms with Crippen molar-refractivity contribution in [2.24, 2.45) is 5.92 Å². The lowest BCUT2D eigenvalue weighted by atomic mass is 9.88. The molecule has 1 aromatic heterocycles. The summed E-state index contributed by atoms with van der Waals surface area (Å²) in [6, 6.07) is 16.1. The number of hydrogen-bond acceptors (Lipinski definition) is 6. The molecule has 2 aromatic carbocycles. The number of amides is 1. The number of ether oxygens (including phenoxy) is 1. The van der Waals surface area contributed by atoms with Gasteiger partial charge in [0, 0.05) is 10.6 Å². The quantitative estimate of drug-likeness (QED) is 0.580. The zero-order valence-electron chi connectivity index (χ0n) is 16.0. The summed E-state index contributed by atoms with van der Waals surface area (Å²) in [6.07, 6.45) is 0. The van der Waals surface area contributed by atoms with Gasteiger partial charge in [0.25, 0.3) is 5.91 Å². The van der Waals surface area contributed by atoms with Crippen LogP contribution in [0.5, 0.6) is 0 Å². The van der Waals surface area contributed by atoms with Crippen molar-refractivity contribution in [3.63, 3.8) is 0 Å². The van der Waals surface area contributed by atoms with Crippen LogP contribution in [0, 0.1) is 5.92 Å². The first-order valence-corrected chi connectivity index (χ1v) is 9.42. The monoisotopic (exact) mass is 413 g/mol. The van der Waals surface area contributed by atoms with Gasteiger partial charge in [-0.05, 0) is 35.7 Å². The van der Waals surface area contributed by atoms with Gasteiger partial charge < -0.3 is 9.15 Å². The molecule has 0 radical (unpaired) electrons. The number of esters is 1. The van der Waals surface area contributed by atoms with E-state index < -0.39 is 24.4 Å². The molecule has 0 aliphatic carbocycles. The van der Waals surface area contributed by atoms with Crippen LogP contribution in [0.3, 0.4) is 0 Å². The van der Waals surface area contributed by atoms with E-state index in [1.165, 1.54) is 0 Å². The number of aromatic nitrogens is 2. The Morgan fingerprint density at radius 2 is 1.76 bits per heavy atom. The summed E-state index contributed by atoms with van der Waals surface area (Å²) in [6.45, 7) is 3.35. The first kappa shape index (κ1) is 20.5. The summed E-state index contributed by atoms with van der Waals surface area (Å²) in [5.41, 5.74) is 1.51. The highest BCUT2D eigenvalue weighted by Gasteiger charge is 2.26. The molecule has 7 nitrogen and oxygen atoms in total. The van der Waals surface area contributed by atoms with E-state index in [9.17, 15) is 9.59 Å². The summed E-state index contributed by atoms with van der Waals surface area (Å²) < 4.78 is 10.6. The summed E-state index contributed by atoms with van der Waals surface area (Å²) in [5.74, 6) is -1.31. The van der Waals surface area contributed by atoms with Gasteiger partial charge in [-0.2, -0.15) is 0 Å². The molecule has 0 aliphatic rings. The van der Waals surface area contributed by atoms with Crippen LogP contribution in [-0.4, -0.2) is 28.7 Å². The molecule has 150 valence electrons. The molecule has 1 unspecified atom stereocenters.